The zero-order valence-electron chi connectivity index (χ0n) is 10.3. The molecule has 6 heteroatoms. The predicted octanol–water partition coefficient (Wildman–Crippen LogP) is 2.48. The van der Waals surface area contributed by atoms with Gasteiger partial charge in [-0.3, -0.25) is 0 Å². The lowest BCUT2D eigenvalue weighted by atomic mass is 10.1. The average molecular weight is 331 g/mol. The molecule has 0 heterocycles. The van der Waals surface area contributed by atoms with Crippen molar-refractivity contribution in [3.8, 4) is 6.07 Å². The number of hydrogen-bond acceptors (Lipinski definition) is 3. The lowest BCUT2D eigenvalue weighted by Gasteiger charge is -2.11. The fraction of sp³-hybridized carbons (Fsp3) is 0.417. The lowest BCUT2D eigenvalue weighted by molar-refractivity contribution is 0.572. The molecule has 1 aromatic rings. The summed E-state index contributed by atoms with van der Waals surface area (Å²) in [5.41, 5.74) is 1.90. The Labute approximate surface area is 116 Å². The molecule has 0 amide bonds. The second kappa shape index (κ2) is 6.32. The number of nitrogens with zero attached hydrogens (tertiary/aromatic N) is 1. The standard InChI is InChI=1S/C12H15BrN2O2S/c1-3-12(7-14)18(16,17)15-8-10-4-5-11(13)6-9(10)2/h4-6,12,15H,3,8H2,1-2H3. The first-order valence-corrected chi connectivity index (χ1v) is 7.87. The molecule has 1 aromatic carbocycles. The molecular formula is C12H15BrN2O2S. The number of hydrogen-bond donors (Lipinski definition) is 1. The third kappa shape index (κ3) is 3.80. The molecule has 0 fully saturated rings. The number of benzene rings is 1. The second-order valence-electron chi connectivity index (χ2n) is 3.96. The maximum absolute atomic E-state index is 11.8. The van der Waals surface area contributed by atoms with Crippen molar-refractivity contribution in [2.24, 2.45) is 0 Å². The average Bonchev–Trinajstić information content (AvgIpc) is 2.29. The molecule has 0 aliphatic carbocycles. The summed E-state index contributed by atoms with van der Waals surface area (Å²) in [6.45, 7) is 3.80. The lowest BCUT2D eigenvalue weighted by Crippen LogP contribution is -2.32. The molecular weight excluding hydrogens is 316 g/mol. The Morgan fingerprint density at radius 3 is 2.67 bits per heavy atom. The van der Waals surface area contributed by atoms with Crippen molar-refractivity contribution >= 4 is 26.0 Å². The van der Waals surface area contributed by atoms with Crippen LogP contribution < -0.4 is 4.72 Å². The van der Waals surface area contributed by atoms with Crippen molar-refractivity contribution in [2.75, 3.05) is 0 Å². The largest absolute Gasteiger partial charge is 0.228 e. The highest BCUT2D eigenvalue weighted by molar-refractivity contribution is 9.10. The summed E-state index contributed by atoms with van der Waals surface area (Å²) in [5.74, 6) is 0. The van der Waals surface area contributed by atoms with E-state index in [4.69, 9.17) is 5.26 Å². The summed E-state index contributed by atoms with van der Waals surface area (Å²) < 4.78 is 27.0. The molecule has 0 aliphatic heterocycles. The Morgan fingerprint density at radius 1 is 1.50 bits per heavy atom. The van der Waals surface area contributed by atoms with Gasteiger partial charge >= 0.3 is 0 Å². The van der Waals surface area contributed by atoms with Crippen molar-refractivity contribution in [1.82, 2.24) is 4.72 Å². The van der Waals surface area contributed by atoms with E-state index < -0.39 is 15.3 Å². The minimum atomic E-state index is -3.57. The molecule has 1 rings (SSSR count). The van der Waals surface area contributed by atoms with E-state index in [1.165, 1.54) is 0 Å². The van der Waals surface area contributed by atoms with Crippen LogP contribution in [0.5, 0.6) is 0 Å². The molecule has 0 saturated heterocycles. The Balaban J connectivity index is 2.80. The van der Waals surface area contributed by atoms with Gasteiger partial charge in [-0.05, 0) is 36.6 Å². The molecule has 18 heavy (non-hydrogen) atoms. The first-order chi connectivity index (χ1) is 8.40. The minimum Gasteiger partial charge on any atom is -0.211 e. The van der Waals surface area contributed by atoms with Crippen molar-refractivity contribution in [1.29, 1.82) is 5.26 Å². The summed E-state index contributed by atoms with van der Waals surface area (Å²) in [5, 5.41) is 7.78. The smallest absolute Gasteiger partial charge is 0.211 e. The zero-order valence-corrected chi connectivity index (χ0v) is 12.7. The molecule has 4 nitrogen and oxygen atoms in total. The summed E-state index contributed by atoms with van der Waals surface area (Å²) in [7, 11) is -3.57. The number of aryl methyl sites for hydroxylation is 1. The quantitative estimate of drug-likeness (QED) is 0.901. The topological polar surface area (TPSA) is 70.0 Å². The van der Waals surface area contributed by atoms with E-state index in [0.717, 1.165) is 15.6 Å². The number of sulfonamides is 1. The van der Waals surface area contributed by atoms with Gasteiger partial charge in [-0.2, -0.15) is 5.26 Å². The maximum Gasteiger partial charge on any atom is 0.228 e. The van der Waals surface area contributed by atoms with Crippen LogP contribution in [0.25, 0.3) is 0 Å². The molecule has 0 bridgehead atoms. The monoisotopic (exact) mass is 330 g/mol. The molecule has 0 aromatic heterocycles. The van der Waals surface area contributed by atoms with E-state index in [0.29, 0.717) is 0 Å². The van der Waals surface area contributed by atoms with Crippen LogP contribution in [0.3, 0.4) is 0 Å². The van der Waals surface area contributed by atoms with Gasteiger partial charge in [0.2, 0.25) is 10.0 Å². The summed E-state index contributed by atoms with van der Waals surface area (Å²) >= 11 is 3.35. The number of nitrogens with one attached hydrogen (secondary N) is 1. The summed E-state index contributed by atoms with van der Waals surface area (Å²) in [6.07, 6.45) is 0.283. The van der Waals surface area contributed by atoms with E-state index in [-0.39, 0.29) is 13.0 Å². The van der Waals surface area contributed by atoms with Crippen molar-refractivity contribution in [2.45, 2.75) is 32.1 Å². The molecule has 0 radical (unpaired) electrons. The van der Waals surface area contributed by atoms with Gasteiger partial charge in [0.1, 0.15) is 0 Å². The molecule has 1 atom stereocenters. The van der Waals surface area contributed by atoms with Gasteiger partial charge in [-0.25, -0.2) is 13.1 Å². The maximum atomic E-state index is 11.8. The molecule has 1 unspecified atom stereocenters. The van der Waals surface area contributed by atoms with Crippen molar-refractivity contribution in [3.63, 3.8) is 0 Å². The van der Waals surface area contributed by atoms with Crippen molar-refractivity contribution in [3.05, 3.63) is 33.8 Å². The van der Waals surface area contributed by atoms with E-state index >= 15 is 0 Å². The van der Waals surface area contributed by atoms with E-state index in [1.807, 2.05) is 25.1 Å². The predicted molar refractivity (Wildman–Crippen MR) is 74.3 cm³/mol. The second-order valence-corrected chi connectivity index (χ2v) is 6.83. The van der Waals surface area contributed by atoms with Gasteiger partial charge in [0, 0.05) is 11.0 Å². The Kier molecular flexibility index (Phi) is 5.32. The van der Waals surface area contributed by atoms with E-state index in [1.54, 1.807) is 13.0 Å². The SMILES string of the molecule is CCC(C#N)S(=O)(=O)NCc1ccc(Br)cc1C. The van der Waals surface area contributed by atoms with Gasteiger partial charge in [-0.1, -0.05) is 28.9 Å². The van der Waals surface area contributed by atoms with Crippen LogP contribution in [0.4, 0.5) is 0 Å². The van der Waals surface area contributed by atoms with Gasteiger partial charge < -0.3 is 0 Å². The first-order valence-electron chi connectivity index (χ1n) is 5.53. The number of halogens is 1. The van der Waals surface area contributed by atoms with Crippen molar-refractivity contribution < 1.29 is 8.42 Å². The Morgan fingerprint density at radius 2 is 2.17 bits per heavy atom. The van der Waals surface area contributed by atoms with Gasteiger partial charge in [0.25, 0.3) is 0 Å². The third-order valence-electron chi connectivity index (χ3n) is 2.66. The van der Waals surface area contributed by atoms with Crippen LogP contribution in [-0.2, 0) is 16.6 Å². The minimum absolute atomic E-state index is 0.208. The Bertz CT molecular complexity index is 564. The normalized spacial score (nSPS) is 13.0. The number of nitriles is 1. The van der Waals surface area contributed by atoms with Crippen LogP contribution in [0, 0.1) is 18.3 Å². The number of rotatable bonds is 5. The molecule has 0 saturated carbocycles. The Hall–Kier alpha value is -0.900. The van der Waals surface area contributed by atoms with Gasteiger partial charge in [0.15, 0.2) is 5.25 Å². The van der Waals surface area contributed by atoms with Gasteiger partial charge in [0.05, 0.1) is 6.07 Å². The molecule has 1 N–H and O–H groups in total. The fourth-order valence-electron chi connectivity index (χ4n) is 1.52. The molecule has 98 valence electrons. The highest BCUT2D eigenvalue weighted by atomic mass is 79.9. The van der Waals surface area contributed by atoms with Crippen LogP contribution in [0.1, 0.15) is 24.5 Å². The van der Waals surface area contributed by atoms with E-state index in [2.05, 4.69) is 20.7 Å². The van der Waals surface area contributed by atoms with Crippen LogP contribution in [0.15, 0.2) is 22.7 Å². The summed E-state index contributed by atoms with van der Waals surface area (Å²) in [6, 6.07) is 7.43. The van der Waals surface area contributed by atoms with E-state index in [9.17, 15) is 8.42 Å². The highest BCUT2D eigenvalue weighted by Crippen LogP contribution is 2.16. The van der Waals surface area contributed by atoms with Gasteiger partial charge in [-0.15, -0.1) is 0 Å². The summed E-state index contributed by atoms with van der Waals surface area (Å²) in [4.78, 5) is 0. The highest BCUT2D eigenvalue weighted by Gasteiger charge is 2.22. The third-order valence-corrected chi connectivity index (χ3v) is 4.89. The molecule has 0 aliphatic rings. The first kappa shape index (κ1) is 15.2. The zero-order chi connectivity index (χ0) is 13.8. The van der Waals surface area contributed by atoms with Crippen LogP contribution >= 0.6 is 15.9 Å². The van der Waals surface area contributed by atoms with Crippen LogP contribution in [-0.4, -0.2) is 13.7 Å². The molecule has 0 spiro atoms. The fourth-order valence-corrected chi connectivity index (χ4v) is 3.13. The van der Waals surface area contributed by atoms with Crippen LogP contribution in [0.2, 0.25) is 0 Å².